The van der Waals surface area contributed by atoms with Gasteiger partial charge in [-0.05, 0) is 26.8 Å². The molecule has 11 nitrogen and oxygen atoms in total. The maximum Gasteiger partial charge on any atom is 0.261 e. The van der Waals surface area contributed by atoms with Crippen LogP contribution in [-0.2, 0) is 9.53 Å². The van der Waals surface area contributed by atoms with E-state index in [0.717, 1.165) is 21.0 Å². The SMILES string of the molecule is Cc1[nH]ncc1-c1cn2nc3c4ncc(NC(=O)CN5C[C@H](C)O[C@@H](C)C5)cc4[nH]c(=O)c3c2s1. The Morgan fingerprint density at radius 3 is 2.80 bits per heavy atom. The van der Waals surface area contributed by atoms with Gasteiger partial charge in [0.05, 0.1) is 47.2 Å². The van der Waals surface area contributed by atoms with Crippen LogP contribution in [0.3, 0.4) is 0 Å². The number of aryl methyl sites for hydroxylation is 1. The number of nitrogens with zero attached hydrogens (tertiary/aromatic N) is 5. The van der Waals surface area contributed by atoms with Gasteiger partial charge < -0.3 is 15.0 Å². The number of carbonyl (C=O) groups is 1. The van der Waals surface area contributed by atoms with E-state index in [2.05, 4.69) is 35.5 Å². The molecule has 0 aliphatic carbocycles. The van der Waals surface area contributed by atoms with Crippen LogP contribution >= 0.6 is 11.3 Å². The quantitative estimate of drug-likeness (QED) is 0.351. The summed E-state index contributed by atoms with van der Waals surface area (Å²) in [5, 5.41) is 15.0. The fraction of sp³-hybridized carbons (Fsp3) is 0.348. The van der Waals surface area contributed by atoms with Crippen molar-refractivity contribution in [1.29, 1.82) is 0 Å². The zero-order chi connectivity index (χ0) is 24.3. The van der Waals surface area contributed by atoms with E-state index in [0.29, 0.717) is 40.7 Å². The molecule has 1 aliphatic heterocycles. The molecule has 6 heterocycles. The fourth-order valence-corrected chi connectivity index (χ4v) is 5.91. The van der Waals surface area contributed by atoms with Crippen molar-refractivity contribution in [2.75, 3.05) is 25.0 Å². The van der Waals surface area contributed by atoms with Gasteiger partial charge in [-0.15, -0.1) is 11.3 Å². The number of amides is 1. The first kappa shape index (κ1) is 21.9. The minimum atomic E-state index is -0.249. The molecule has 1 fully saturated rings. The van der Waals surface area contributed by atoms with Gasteiger partial charge in [-0.2, -0.15) is 10.2 Å². The lowest BCUT2D eigenvalue weighted by Crippen LogP contribution is -2.48. The molecule has 0 unspecified atom stereocenters. The van der Waals surface area contributed by atoms with Crippen molar-refractivity contribution < 1.29 is 9.53 Å². The van der Waals surface area contributed by atoms with Gasteiger partial charge in [-0.3, -0.25) is 24.6 Å². The molecule has 5 aromatic rings. The molecule has 2 atom stereocenters. The Morgan fingerprint density at radius 2 is 2.06 bits per heavy atom. The van der Waals surface area contributed by atoms with Gasteiger partial charge in [0.1, 0.15) is 21.3 Å². The van der Waals surface area contributed by atoms with Crippen LogP contribution in [0, 0.1) is 6.92 Å². The maximum atomic E-state index is 13.0. The van der Waals surface area contributed by atoms with E-state index in [1.165, 1.54) is 11.3 Å². The smallest absolute Gasteiger partial charge is 0.261 e. The fourth-order valence-electron chi connectivity index (χ4n) is 4.76. The van der Waals surface area contributed by atoms with Crippen LogP contribution in [0.2, 0.25) is 0 Å². The predicted octanol–water partition coefficient (Wildman–Crippen LogP) is 2.53. The summed E-state index contributed by atoms with van der Waals surface area (Å²) in [5.41, 5.74) is 3.82. The number of anilines is 1. The van der Waals surface area contributed by atoms with Crippen molar-refractivity contribution in [3.63, 3.8) is 0 Å². The molecule has 0 radical (unpaired) electrons. The first-order valence-electron chi connectivity index (χ1n) is 11.4. The highest BCUT2D eigenvalue weighted by atomic mass is 32.1. The van der Waals surface area contributed by atoms with Gasteiger partial charge >= 0.3 is 0 Å². The summed E-state index contributed by atoms with van der Waals surface area (Å²) in [6.07, 6.45) is 5.43. The molecular weight excluding hydrogens is 468 g/mol. The number of fused-ring (bicyclic) bond motifs is 5. The highest BCUT2D eigenvalue weighted by Crippen LogP contribution is 2.34. The van der Waals surface area contributed by atoms with Gasteiger partial charge in [0.25, 0.3) is 5.56 Å². The molecule has 0 spiro atoms. The highest BCUT2D eigenvalue weighted by Gasteiger charge is 2.24. The zero-order valence-corrected chi connectivity index (χ0v) is 20.3. The lowest BCUT2D eigenvalue weighted by Gasteiger charge is -2.34. The van der Waals surface area contributed by atoms with Gasteiger partial charge in [0.2, 0.25) is 5.91 Å². The molecule has 0 aromatic carbocycles. The van der Waals surface area contributed by atoms with Crippen LogP contribution in [0.5, 0.6) is 0 Å². The lowest BCUT2D eigenvalue weighted by atomic mass is 10.2. The van der Waals surface area contributed by atoms with E-state index in [-0.39, 0.29) is 30.2 Å². The number of ether oxygens (including phenoxy) is 1. The number of carbonyl (C=O) groups excluding carboxylic acids is 1. The van der Waals surface area contributed by atoms with Crippen LogP contribution in [0.15, 0.2) is 29.5 Å². The monoisotopic (exact) mass is 492 g/mol. The number of thiazole rings is 1. The summed E-state index contributed by atoms with van der Waals surface area (Å²) in [7, 11) is 0. The normalized spacial score (nSPS) is 19.2. The Hall–Kier alpha value is -3.61. The number of morpholine rings is 1. The van der Waals surface area contributed by atoms with Gasteiger partial charge in [0.15, 0.2) is 0 Å². The summed E-state index contributed by atoms with van der Waals surface area (Å²) in [5.74, 6) is -0.138. The minimum Gasteiger partial charge on any atom is -0.373 e. The van der Waals surface area contributed by atoms with Gasteiger partial charge in [-0.25, -0.2) is 4.52 Å². The molecule has 0 bridgehead atoms. The lowest BCUT2D eigenvalue weighted by molar-refractivity contribution is -0.121. The first-order chi connectivity index (χ1) is 16.9. The van der Waals surface area contributed by atoms with Crippen LogP contribution in [0.25, 0.3) is 37.2 Å². The molecule has 1 aliphatic rings. The second kappa shape index (κ2) is 8.26. The number of pyridine rings is 2. The third kappa shape index (κ3) is 3.89. The molecule has 12 heteroatoms. The molecular formula is C23H24N8O3S. The molecule has 6 rings (SSSR count). The predicted molar refractivity (Wildman–Crippen MR) is 134 cm³/mol. The van der Waals surface area contributed by atoms with E-state index in [1.54, 1.807) is 23.0 Å². The summed E-state index contributed by atoms with van der Waals surface area (Å²) < 4.78 is 7.44. The second-order valence-electron chi connectivity index (χ2n) is 9.05. The van der Waals surface area contributed by atoms with Gasteiger partial charge in [0, 0.05) is 30.5 Å². The largest absolute Gasteiger partial charge is 0.373 e. The highest BCUT2D eigenvalue weighted by molar-refractivity contribution is 7.21. The number of aromatic nitrogens is 6. The number of aromatic amines is 2. The Labute approximate surface area is 203 Å². The van der Waals surface area contributed by atoms with Crippen molar-refractivity contribution in [1.82, 2.24) is 34.7 Å². The van der Waals surface area contributed by atoms with Crippen molar-refractivity contribution >= 4 is 49.7 Å². The number of H-pyrrole nitrogens is 2. The Morgan fingerprint density at radius 1 is 1.26 bits per heavy atom. The average molecular weight is 493 g/mol. The maximum absolute atomic E-state index is 13.0. The van der Waals surface area contributed by atoms with Crippen molar-refractivity contribution in [3.8, 4) is 10.4 Å². The van der Waals surface area contributed by atoms with E-state index < -0.39 is 0 Å². The Kier molecular flexibility index (Phi) is 5.16. The molecule has 180 valence electrons. The number of rotatable bonds is 4. The molecule has 1 amide bonds. The molecule has 3 N–H and O–H groups in total. The van der Waals surface area contributed by atoms with Crippen molar-refractivity contribution in [2.45, 2.75) is 33.0 Å². The molecule has 35 heavy (non-hydrogen) atoms. The third-order valence-corrected chi connectivity index (χ3v) is 7.27. The zero-order valence-electron chi connectivity index (χ0n) is 19.5. The van der Waals surface area contributed by atoms with Crippen LogP contribution < -0.4 is 10.9 Å². The summed E-state index contributed by atoms with van der Waals surface area (Å²) in [6.45, 7) is 7.64. The second-order valence-corrected chi connectivity index (χ2v) is 10.1. The summed E-state index contributed by atoms with van der Waals surface area (Å²) in [6, 6.07) is 1.72. The average Bonchev–Trinajstić information content (AvgIpc) is 3.46. The van der Waals surface area contributed by atoms with Gasteiger partial charge in [-0.1, -0.05) is 0 Å². The first-order valence-corrected chi connectivity index (χ1v) is 12.2. The summed E-state index contributed by atoms with van der Waals surface area (Å²) >= 11 is 1.48. The van der Waals surface area contributed by atoms with Crippen molar-refractivity contribution in [3.05, 3.63) is 40.7 Å². The van der Waals surface area contributed by atoms with Crippen LogP contribution in [0.1, 0.15) is 19.5 Å². The topological polar surface area (TPSA) is 133 Å². The van der Waals surface area contributed by atoms with Crippen molar-refractivity contribution in [2.24, 2.45) is 0 Å². The molecule has 5 aromatic heterocycles. The van der Waals surface area contributed by atoms with Crippen LogP contribution in [-0.4, -0.2) is 72.4 Å². The molecule has 0 saturated carbocycles. The Bertz CT molecular complexity index is 1640. The number of hydrogen-bond donors (Lipinski definition) is 3. The van der Waals surface area contributed by atoms with E-state index in [9.17, 15) is 9.59 Å². The molecule has 1 saturated heterocycles. The standard InChI is InChI=1S/C23H24N8O3S/c1-11-7-30(8-12(2)34-11)10-18(32)26-14-4-16-20(24-5-14)21-19(22(33)27-16)23-31(29-21)9-17(35-23)15-6-25-28-13(15)3/h4-6,9,11-12H,7-8,10H2,1-3H3,(H,25,28)(H,26,32)(H,27,33)/t11-,12-/m0/s1. The minimum absolute atomic E-state index is 0.0886. The summed E-state index contributed by atoms with van der Waals surface area (Å²) in [4.78, 5) is 36.9. The Balaban J connectivity index is 1.30. The van der Waals surface area contributed by atoms with E-state index in [1.807, 2.05) is 27.0 Å². The number of nitrogens with one attached hydrogen (secondary N) is 3. The number of hydrogen-bond acceptors (Lipinski definition) is 8. The van der Waals surface area contributed by atoms with Crippen LogP contribution in [0.4, 0.5) is 5.69 Å². The van der Waals surface area contributed by atoms with E-state index >= 15 is 0 Å². The van der Waals surface area contributed by atoms with E-state index in [4.69, 9.17) is 4.74 Å². The third-order valence-electron chi connectivity index (χ3n) is 6.14.